The normalized spacial score (nSPS) is 12.1. The number of nitrogens with one attached hydrogen (secondary N) is 2. The minimum absolute atomic E-state index is 0.0478. The van der Waals surface area contributed by atoms with Gasteiger partial charge in [0.15, 0.2) is 0 Å². The second-order valence-electron chi connectivity index (χ2n) is 3.16. The standard InChI is InChI=1S/C9H18N2O3/c1-7(12)11-6-4-3-5-8(10-2)9(13)14/h8,10H,3-6H2,1-2H3,(H,11,12)(H,13,14)/t8-/m0/s1. The Labute approximate surface area is 83.9 Å². The molecule has 0 heterocycles. The van der Waals surface area contributed by atoms with Crippen molar-refractivity contribution >= 4 is 11.9 Å². The summed E-state index contributed by atoms with van der Waals surface area (Å²) in [6.45, 7) is 2.08. The van der Waals surface area contributed by atoms with Gasteiger partial charge in [0.05, 0.1) is 0 Å². The molecule has 82 valence electrons. The maximum absolute atomic E-state index is 10.6. The van der Waals surface area contributed by atoms with Crippen molar-refractivity contribution < 1.29 is 14.7 Å². The smallest absolute Gasteiger partial charge is 0.320 e. The first-order chi connectivity index (χ1) is 6.57. The number of aliphatic carboxylic acids is 1. The maximum Gasteiger partial charge on any atom is 0.320 e. The zero-order valence-electron chi connectivity index (χ0n) is 8.67. The number of rotatable bonds is 7. The van der Waals surface area contributed by atoms with E-state index in [2.05, 4.69) is 10.6 Å². The van der Waals surface area contributed by atoms with Crippen molar-refractivity contribution in [2.24, 2.45) is 0 Å². The molecule has 0 aromatic carbocycles. The molecule has 0 unspecified atom stereocenters. The number of amides is 1. The van der Waals surface area contributed by atoms with Gasteiger partial charge in [-0.25, -0.2) is 0 Å². The van der Waals surface area contributed by atoms with E-state index >= 15 is 0 Å². The van der Waals surface area contributed by atoms with E-state index in [0.29, 0.717) is 13.0 Å². The van der Waals surface area contributed by atoms with E-state index < -0.39 is 12.0 Å². The van der Waals surface area contributed by atoms with Crippen LogP contribution in [0.4, 0.5) is 0 Å². The summed E-state index contributed by atoms with van der Waals surface area (Å²) < 4.78 is 0. The number of hydrogen-bond acceptors (Lipinski definition) is 3. The van der Waals surface area contributed by atoms with Crippen LogP contribution in [-0.4, -0.2) is 36.6 Å². The van der Waals surface area contributed by atoms with Crippen molar-refractivity contribution in [3.05, 3.63) is 0 Å². The van der Waals surface area contributed by atoms with Crippen LogP contribution in [0, 0.1) is 0 Å². The number of carbonyl (C=O) groups is 2. The van der Waals surface area contributed by atoms with Crippen molar-refractivity contribution in [2.45, 2.75) is 32.2 Å². The minimum atomic E-state index is -0.827. The van der Waals surface area contributed by atoms with Crippen LogP contribution in [0.25, 0.3) is 0 Å². The molecule has 0 fully saturated rings. The van der Waals surface area contributed by atoms with Crippen LogP contribution in [0.1, 0.15) is 26.2 Å². The third-order valence-electron chi connectivity index (χ3n) is 1.94. The highest BCUT2D eigenvalue weighted by atomic mass is 16.4. The molecule has 0 aliphatic carbocycles. The summed E-state index contributed by atoms with van der Waals surface area (Å²) in [7, 11) is 1.63. The van der Waals surface area contributed by atoms with Gasteiger partial charge in [-0.1, -0.05) is 0 Å². The van der Waals surface area contributed by atoms with E-state index in [4.69, 9.17) is 5.11 Å². The zero-order valence-corrected chi connectivity index (χ0v) is 8.67. The summed E-state index contributed by atoms with van der Waals surface area (Å²) in [6, 6.07) is -0.479. The first-order valence-corrected chi connectivity index (χ1v) is 4.72. The lowest BCUT2D eigenvalue weighted by molar-refractivity contribution is -0.139. The van der Waals surface area contributed by atoms with E-state index in [-0.39, 0.29) is 5.91 Å². The van der Waals surface area contributed by atoms with Crippen molar-refractivity contribution in [3.63, 3.8) is 0 Å². The van der Waals surface area contributed by atoms with Crippen molar-refractivity contribution in [3.8, 4) is 0 Å². The molecule has 0 bridgehead atoms. The van der Waals surface area contributed by atoms with Crippen LogP contribution in [-0.2, 0) is 9.59 Å². The fourth-order valence-corrected chi connectivity index (χ4v) is 1.13. The Bertz CT molecular complexity index is 194. The lowest BCUT2D eigenvalue weighted by Crippen LogP contribution is -2.33. The Balaban J connectivity index is 3.42. The zero-order chi connectivity index (χ0) is 11.0. The van der Waals surface area contributed by atoms with Crippen LogP contribution in [0.15, 0.2) is 0 Å². The Morgan fingerprint density at radius 2 is 2.00 bits per heavy atom. The number of carboxylic acid groups (broad SMARTS) is 1. The van der Waals surface area contributed by atoms with Crippen LogP contribution >= 0.6 is 0 Å². The lowest BCUT2D eigenvalue weighted by atomic mass is 10.1. The summed E-state index contributed by atoms with van der Waals surface area (Å²) in [6.07, 6.45) is 2.19. The van der Waals surface area contributed by atoms with Crippen molar-refractivity contribution in [2.75, 3.05) is 13.6 Å². The van der Waals surface area contributed by atoms with Crippen molar-refractivity contribution in [1.29, 1.82) is 0 Å². The molecule has 1 atom stereocenters. The van der Waals surface area contributed by atoms with Gasteiger partial charge in [-0.15, -0.1) is 0 Å². The highest BCUT2D eigenvalue weighted by molar-refractivity contribution is 5.73. The molecule has 0 aliphatic rings. The third kappa shape index (κ3) is 6.42. The number of unbranched alkanes of at least 4 members (excludes halogenated alkanes) is 1. The SMILES string of the molecule is CN[C@@H](CCCCNC(C)=O)C(=O)O. The molecule has 0 aromatic rings. The second-order valence-corrected chi connectivity index (χ2v) is 3.16. The van der Waals surface area contributed by atoms with E-state index in [1.807, 2.05) is 0 Å². The predicted octanol–water partition coefficient (Wildman–Crippen LogP) is -0.0346. The Kier molecular flexibility index (Phi) is 6.74. The number of hydrogen-bond donors (Lipinski definition) is 3. The number of carbonyl (C=O) groups excluding carboxylic acids is 1. The van der Waals surface area contributed by atoms with Gasteiger partial charge in [0.1, 0.15) is 6.04 Å². The van der Waals surface area contributed by atoms with E-state index in [1.54, 1.807) is 7.05 Å². The van der Waals surface area contributed by atoms with Gasteiger partial charge in [0.2, 0.25) is 5.91 Å². The van der Waals surface area contributed by atoms with Gasteiger partial charge in [0, 0.05) is 13.5 Å². The van der Waals surface area contributed by atoms with Gasteiger partial charge in [-0.05, 0) is 26.3 Å². The quantitative estimate of drug-likeness (QED) is 0.506. The summed E-state index contributed by atoms with van der Waals surface area (Å²) in [5.41, 5.74) is 0. The molecule has 0 saturated carbocycles. The first kappa shape index (κ1) is 12.9. The molecule has 0 rings (SSSR count). The average Bonchev–Trinajstić information content (AvgIpc) is 2.10. The third-order valence-corrected chi connectivity index (χ3v) is 1.94. The van der Waals surface area contributed by atoms with E-state index in [1.165, 1.54) is 6.92 Å². The summed E-state index contributed by atoms with van der Waals surface area (Å²) >= 11 is 0. The van der Waals surface area contributed by atoms with Gasteiger partial charge in [-0.3, -0.25) is 9.59 Å². The molecule has 1 amide bonds. The Morgan fingerprint density at radius 3 is 2.43 bits per heavy atom. The maximum atomic E-state index is 10.6. The van der Waals surface area contributed by atoms with Gasteiger partial charge in [0.25, 0.3) is 0 Å². The fourth-order valence-electron chi connectivity index (χ4n) is 1.13. The van der Waals surface area contributed by atoms with E-state index in [9.17, 15) is 9.59 Å². The highest BCUT2D eigenvalue weighted by Gasteiger charge is 2.13. The average molecular weight is 202 g/mol. The number of carboxylic acids is 1. The molecule has 0 radical (unpaired) electrons. The Morgan fingerprint density at radius 1 is 1.36 bits per heavy atom. The van der Waals surface area contributed by atoms with Crippen LogP contribution in [0.3, 0.4) is 0 Å². The minimum Gasteiger partial charge on any atom is -0.480 e. The largest absolute Gasteiger partial charge is 0.480 e. The lowest BCUT2D eigenvalue weighted by Gasteiger charge is -2.10. The molecular weight excluding hydrogens is 184 g/mol. The van der Waals surface area contributed by atoms with Crippen molar-refractivity contribution in [1.82, 2.24) is 10.6 Å². The molecule has 5 heteroatoms. The molecule has 0 aliphatic heterocycles. The number of likely N-dealkylation sites (N-methyl/N-ethyl adjacent to an activating group) is 1. The van der Waals surface area contributed by atoms with E-state index in [0.717, 1.165) is 12.8 Å². The van der Waals surface area contributed by atoms with Crippen LogP contribution < -0.4 is 10.6 Å². The summed E-state index contributed by atoms with van der Waals surface area (Å²) in [5.74, 6) is -0.875. The Hall–Kier alpha value is -1.10. The predicted molar refractivity (Wildman–Crippen MR) is 53.0 cm³/mol. The molecule has 0 aromatic heterocycles. The monoisotopic (exact) mass is 202 g/mol. The molecule has 14 heavy (non-hydrogen) atoms. The van der Waals surface area contributed by atoms with Gasteiger partial charge in [-0.2, -0.15) is 0 Å². The molecule has 3 N–H and O–H groups in total. The van der Waals surface area contributed by atoms with Crippen LogP contribution in [0.5, 0.6) is 0 Å². The topological polar surface area (TPSA) is 78.4 Å². The molecule has 0 spiro atoms. The second kappa shape index (κ2) is 7.32. The first-order valence-electron chi connectivity index (χ1n) is 4.72. The summed E-state index contributed by atoms with van der Waals surface area (Å²) in [5, 5.41) is 14.1. The van der Waals surface area contributed by atoms with Gasteiger partial charge >= 0.3 is 5.97 Å². The van der Waals surface area contributed by atoms with Crippen LogP contribution in [0.2, 0.25) is 0 Å². The molecular formula is C9H18N2O3. The molecule has 5 nitrogen and oxygen atoms in total. The van der Waals surface area contributed by atoms with Gasteiger partial charge < -0.3 is 15.7 Å². The fraction of sp³-hybridized carbons (Fsp3) is 0.778. The summed E-state index contributed by atoms with van der Waals surface area (Å²) in [4.78, 5) is 21.1. The molecule has 0 saturated heterocycles. The highest BCUT2D eigenvalue weighted by Crippen LogP contribution is 2.00.